The molecular weight excluding hydrogens is 146 g/mol. The monoisotopic (exact) mass is 167 g/mol. The Bertz CT molecular complexity index is 204. The van der Waals surface area contributed by atoms with Crippen LogP contribution in [0.1, 0.15) is 47.5 Å². The van der Waals surface area contributed by atoms with E-state index >= 15 is 0 Å². The Morgan fingerprint density at radius 3 is 2.08 bits per heavy atom. The van der Waals surface area contributed by atoms with Crippen LogP contribution in [0.3, 0.4) is 0 Å². The SMILES string of the molecule is C[C@@H]1C[C@@]2(C)C[C@H]2N1C(C)(C)C. The van der Waals surface area contributed by atoms with E-state index in [0.29, 0.717) is 11.0 Å². The smallest absolute Gasteiger partial charge is 0.0164 e. The summed E-state index contributed by atoms with van der Waals surface area (Å²) in [4.78, 5) is 2.72. The van der Waals surface area contributed by atoms with E-state index in [2.05, 4.69) is 39.5 Å². The van der Waals surface area contributed by atoms with E-state index < -0.39 is 0 Å². The molecule has 0 spiro atoms. The standard InChI is InChI=1S/C11H21N/c1-8-6-11(5)7-9(11)12(8)10(2,3)4/h8-9H,6-7H2,1-5H3/t8-,9-,11+/m1/s1. The van der Waals surface area contributed by atoms with Crippen molar-refractivity contribution < 1.29 is 0 Å². The highest BCUT2D eigenvalue weighted by Gasteiger charge is 2.62. The maximum absolute atomic E-state index is 2.72. The molecule has 0 amide bonds. The Morgan fingerprint density at radius 2 is 1.83 bits per heavy atom. The zero-order valence-electron chi connectivity index (χ0n) is 9.02. The summed E-state index contributed by atoms with van der Waals surface area (Å²) in [5, 5.41) is 0. The third-order valence-corrected chi connectivity index (χ3v) is 3.65. The number of hydrogen-bond donors (Lipinski definition) is 0. The fourth-order valence-corrected chi connectivity index (χ4v) is 3.25. The summed E-state index contributed by atoms with van der Waals surface area (Å²) in [5.41, 5.74) is 1.06. The van der Waals surface area contributed by atoms with Crippen LogP contribution in [-0.4, -0.2) is 22.5 Å². The molecular formula is C11H21N. The quantitative estimate of drug-likeness (QED) is 0.536. The van der Waals surface area contributed by atoms with Gasteiger partial charge in [0.1, 0.15) is 0 Å². The predicted octanol–water partition coefficient (Wildman–Crippen LogP) is 2.66. The highest BCUT2D eigenvalue weighted by atomic mass is 15.3. The van der Waals surface area contributed by atoms with Crippen LogP contribution in [0.25, 0.3) is 0 Å². The Labute approximate surface area is 76.1 Å². The van der Waals surface area contributed by atoms with Gasteiger partial charge in [-0.3, -0.25) is 4.90 Å². The lowest BCUT2D eigenvalue weighted by Gasteiger charge is -2.37. The molecule has 2 rings (SSSR count). The van der Waals surface area contributed by atoms with E-state index in [0.717, 1.165) is 12.1 Å². The number of likely N-dealkylation sites (tertiary alicyclic amines) is 1. The molecule has 12 heavy (non-hydrogen) atoms. The van der Waals surface area contributed by atoms with Crippen molar-refractivity contribution in [3.8, 4) is 0 Å². The number of piperidine rings is 1. The van der Waals surface area contributed by atoms with Gasteiger partial charge in [-0.25, -0.2) is 0 Å². The molecule has 1 saturated carbocycles. The predicted molar refractivity (Wildman–Crippen MR) is 52.2 cm³/mol. The normalized spacial score (nSPS) is 47.8. The second kappa shape index (κ2) is 2.06. The molecule has 70 valence electrons. The molecule has 1 saturated heterocycles. The van der Waals surface area contributed by atoms with Crippen LogP contribution in [0.5, 0.6) is 0 Å². The molecule has 3 atom stereocenters. The molecule has 1 aliphatic heterocycles. The van der Waals surface area contributed by atoms with Gasteiger partial charge < -0.3 is 0 Å². The molecule has 2 aliphatic rings. The van der Waals surface area contributed by atoms with E-state index in [-0.39, 0.29) is 0 Å². The molecule has 0 radical (unpaired) electrons. The Hall–Kier alpha value is -0.0400. The van der Waals surface area contributed by atoms with Gasteiger partial charge >= 0.3 is 0 Å². The van der Waals surface area contributed by atoms with E-state index in [1.807, 2.05) is 0 Å². The lowest BCUT2D eigenvalue weighted by atomic mass is 10.0. The zero-order valence-corrected chi connectivity index (χ0v) is 9.02. The third-order valence-electron chi connectivity index (χ3n) is 3.65. The van der Waals surface area contributed by atoms with Crippen molar-refractivity contribution >= 4 is 0 Å². The molecule has 1 aliphatic carbocycles. The van der Waals surface area contributed by atoms with Crippen LogP contribution >= 0.6 is 0 Å². The fraction of sp³-hybridized carbons (Fsp3) is 1.00. The topological polar surface area (TPSA) is 3.24 Å². The summed E-state index contributed by atoms with van der Waals surface area (Å²) >= 11 is 0. The van der Waals surface area contributed by atoms with Gasteiger partial charge in [0.05, 0.1) is 0 Å². The Balaban J connectivity index is 2.18. The zero-order chi connectivity index (χ0) is 9.15. The largest absolute Gasteiger partial charge is 0.292 e. The van der Waals surface area contributed by atoms with Crippen molar-refractivity contribution in [2.75, 3.05) is 0 Å². The number of hydrogen-bond acceptors (Lipinski definition) is 1. The van der Waals surface area contributed by atoms with E-state index in [1.54, 1.807) is 0 Å². The molecule has 0 N–H and O–H groups in total. The second-order valence-corrected chi connectivity index (χ2v) is 6.01. The van der Waals surface area contributed by atoms with E-state index in [1.165, 1.54) is 12.8 Å². The van der Waals surface area contributed by atoms with Crippen LogP contribution in [0.4, 0.5) is 0 Å². The average molecular weight is 167 g/mol. The Kier molecular flexibility index (Phi) is 1.47. The minimum Gasteiger partial charge on any atom is -0.292 e. The van der Waals surface area contributed by atoms with Crippen molar-refractivity contribution in [3.05, 3.63) is 0 Å². The summed E-state index contributed by atoms with van der Waals surface area (Å²) < 4.78 is 0. The van der Waals surface area contributed by atoms with E-state index in [4.69, 9.17) is 0 Å². The molecule has 0 aromatic rings. The van der Waals surface area contributed by atoms with Crippen LogP contribution in [-0.2, 0) is 0 Å². The van der Waals surface area contributed by atoms with Crippen LogP contribution in [0.2, 0.25) is 0 Å². The summed E-state index contributed by atoms with van der Waals surface area (Å²) in [6.45, 7) is 11.8. The lowest BCUT2D eigenvalue weighted by molar-refractivity contribution is 0.104. The molecule has 1 heterocycles. The van der Waals surface area contributed by atoms with Crippen LogP contribution < -0.4 is 0 Å². The molecule has 0 aromatic heterocycles. The minimum absolute atomic E-state index is 0.373. The highest BCUT2D eigenvalue weighted by Crippen LogP contribution is 2.60. The molecule has 2 fully saturated rings. The lowest BCUT2D eigenvalue weighted by Crippen LogP contribution is -2.45. The summed E-state index contributed by atoms with van der Waals surface area (Å²) in [6, 6.07) is 1.70. The first kappa shape index (κ1) is 8.55. The molecule has 1 heteroatoms. The van der Waals surface area contributed by atoms with Gasteiger partial charge in [0.15, 0.2) is 0 Å². The number of fused-ring (bicyclic) bond motifs is 1. The second-order valence-electron chi connectivity index (χ2n) is 6.01. The highest BCUT2D eigenvalue weighted by molar-refractivity contribution is 5.15. The van der Waals surface area contributed by atoms with Gasteiger partial charge in [-0.1, -0.05) is 6.92 Å². The van der Waals surface area contributed by atoms with Gasteiger partial charge in [0.25, 0.3) is 0 Å². The van der Waals surface area contributed by atoms with Crippen LogP contribution in [0, 0.1) is 5.41 Å². The van der Waals surface area contributed by atoms with Crippen LogP contribution in [0.15, 0.2) is 0 Å². The van der Waals surface area contributed by atoms with Gasteiger partial charge in [-0.15, -0.1) is 0 Å². The molecule has 0 unspecified atom stereocenters. The maximum atomic E-state index is 2.72. The number of rotatable bonds is 0. The molecule has 1 nitrogen and oxygen atoms in total. The summed E-state index contributed by atoms with van der Waals surface area (Å²) in [7, 11) is 0. The van der Waals surface area contributed by atoms with Crippen molar-refractivity contribution in [2.45, 2.75) is 65.1 Å². The van der Waals surface area contributed by atoms with Gasteiger partial charge in [0, 0.05) is 17.6 Å². The van der Waals surface area contributed by atoms with Gasteiger partial charge in [-0.05, 0) is 46.0 Å². The first-order valence-electron chi connectivity index (χ1n) is 5.13. The first-order valence-corrected chi connectivity index (χ1v) is 5.13. The summed E-state index contributed by atoms with van der Waals surface area (Å²) in [5.74, 6) is 0. The average Bonchev–Trinajstić information content (AvgIpc) is 2.30. The third kappa shape index (κ3) is 1.02. The maximum Gasteiger partial charge on any atom is 0.0164 e. The van der Waals surface area contributed by atoms with Gasteiger partial charge in [-0.2, -0.15) is 0 Å². The van der Waals surface area contributed by atoms with Gasteiger partial charge in [0.2, 0.25) is 0 Å². The first-order chi connectivity index (χ1) is 5.34. The van der Waals surface area contributed by atoms with Crippen molar-refractivity contribution in [3.63, 3.8) is 0 Å². The minimum atomic E-state index is 0.373. The summed E-state index contributed by atoms with van der Waals surface area (Å²) in [6.07, 6.45) is 2.85. The Morgan fingerprint density at radius 1 is 1.25 bits per heavy atom. The van der Waals surface area contributed by atoms with Crippen molar-refractivity contribution in [1.82, 2.24) is 4.90 Å². The number of nitrogens with zero attached hydrogens (tertiary/aromatic N) is 1. The van der Waals surface area contributed by atoms with Crippen molar-refractivity contribution in [1.29, 1.82) is 0 Å². The van der Waals surface area contributed by atoms with E-state index in [9.17, 15) is 0 Å². The molecule has 0 bridgehead atoms. The molecule has 0 aromatic carbocycles. The van der Waals surface area contributed by atoms with Crippen molar-refractivity contribution in [2.24, 2.45) is 5.41 Å². The fourth-order valence-electron chi connectivity index (χ4n) is 3.25.